The minimum absolute atomic E-state index is 0.443. The largest absolute Gasteiger partial charge is 0.370 e. The minimum atomic E-state index is 0.443. The summed E-state index contributed by atoms with van der Waals surface area (Å²) in [5.74, 6) is 0.685. The normalized spacial score (nSPS) is 21.5. The highest BCUT2D eigenvalue weighted by Gasteiger charge is 2.21. The molecule has 1 aromatic carbocycles. The molecule has 6 nitrogen and oxygen atoms in total. The van der Waals surface area contributed by atoms with E-state index in [4.69, 9.17) is 22.3 Å². The summed E-state index contributed by atoms with van der Waals surface area (Å²) in [4.78, 5) is 14.3. The van der Waals surface area contributed by atoms with E-state index in [2.05, 4.69) is 45.6 Å². The number of aliphatic imine (C=N–C) groups is 1. The number of rotatable bonds is 5. The molecule has 0 aliphatic carbocycles. The summed E-state index contributed by atoms with van der Waals surface area (Å²) in [6, 6.07) is 8.49. The number of halogens is 1. The van der Waals surface area contributed by atoms with Crippen LogP contribution < -0.4 is 10.6 Å². The predicted molar refractivity (Wildman–Crippen MR) is 115 cm³/mol. The maximum absolute atomic E-state index is 6.29. The van der Waals surface area contributed by atoms with Crippen LogP contribution in [0.4, 0.5) is 5.69 Å². The van der Waals surface area contributed by atoms with Crippen LogP contribution in [0.3, 0.4) is 0 Å². The number of nitrogens with two attached hydrogens (primary N) is 1. The standard InChI is InChI=1S/C20H33ClN6/c1-3-24-8-10-25(11-9-24)17(2)16-23-20(22)27-14-12-26(13-15-27)19-6-4-18(21)5-7-19/h4-7,17H,3,8-16H2,1-2H3,(H2,22,23). The predicted octanol–water partition coefficient (Wildman–Crippen LogP) is 1.80. The zero-order valence-electron chi connectivity index (χ0n) is 16.6. The van der Waals surface area contributed by atoms with Crippen LogP contribution in [0.15, 0.2) is 29.3 Å². The fourth-order valence-electron chi connectivity index (χ4n) is 3.81. The van der Waals surface area contributed by atoms with Gasteiger partial charge in [-0.15, -0.1) is 0 Å². The van der Waals surface area contributed by atoms with E-state index in [1.807, 2.05) is 12.1 Å². The Morgan fingerprint density at radius 2 is 1.67 bits per heavy atom. The Hall–Kier alpha value is -1.50. The summed E-state index contributed by atoms with van der Waals surface area (Å²) in [5, 5.41) is 0.777. The lowest BCUT2D eigenvalue weighted by atomic mass is 10.2. The minimum Gasteiger partial charge on any atom is -0.370 e. The van der Waals surface area contributed by atoms with Gasteiger partial charge in [0.2, 0.25) is 0 Å². The maximum atomic E-state index is 6.29. The van der Waals surface area contributed by atoms with E-state index < -0.39 is 0 Å². The molecule has 1 unspecified atom stereocenters. The van der Waals surface area contributed by atoms with Gasteiger partial charge in [-0.25, -0.2) is 0 Å². The second-order valence-electron chi connectivity index (χ2n) is 7.47. The van der Waals surface area contributed by atoms with Crippen molar-refractivity contribution in [1.29, 1.82) is 0 Å². The number of anilines is 1. The van der Waals surface area contributed by atoms with Gasteiger partial charge in [0, 0.05) is 69.1 Å². The number of benzene rings is 1. The molecule has 0 amide bonds. The van der Waals surface area contributed by atoms with E-state index >= 15 is 0 Å². The fourth-order valence-corrected chi connectivity index (χ4v) is 3.93. The van der Waals surface area contributed by atoms with Crippen LogP contribution in [0.5, 0.6) is 0 Å². The highest BCUT2D eigenvalue weighted by Crippen LogP contribution is 2.19. The molecule has 150 valence electrons. The van der Waals surface area contributed by atoms with E-state index in [0.29, 0.717) is 12.0 Å². The first-order chi connectivity index (χ1) is 13.1. The van der Waals surface area contributed by atoms with E-state index in [1.54, 1.807) is 0 Å². The van der Waals surface area contributed by atoms with E-state index in [0.717, 1.165) is 70.5 Å². The van der Waals surface area contributed by atoms with Crippen LogP contribution in [-0.2, 0) is 0 Å². The molecule has 0 aromatic heterocycles. The van der Waals surface area contributed by atoms with Crippen LogP contribution in [0.1, 0.15) is 13.8 Å². The summed E-state index contributed by atoms with van der Waals surface area (Å²) >= 11 is 5.98. The first-order valence-electron chi connectivity index (χ1n) is 10.1. The zero-order valence-corrected chi connectivity index (χ0v) is 17.4. The Kier molecular flexibility index (Phi) is 7.21. The number of nitrogens with zero attached hydrogens (tertiary/aromatic N) is 5. The lowest BCUT2D eigenvalue weighted by Crippen LogP contribution is -2.52. The molecule has 0 radical (unpaired) electrons. The van der Waals surface area contributed by atoms with Crippen LogP contribution >= 0.6 is 11.6 Å². The maximum Gasteiger partial charge on any atom is 0.191 e. The fraction of sp³-hybridized carbons (Fsp3) is 0.650. The topological polar surface area (TPSA) is 51.3 Å². The van der Waals surface area contributed by atoms with Gasteiger partial charge in [0.15, 0.2) is 5.96 Å². The summed E-state index contributed by atoms with van der Waals surface area (Å²) in [7, 11) is 0. The lowest BCUT2D eigenvalue weighted by molar-refractivity contribution is 0.109. The van der Waals surface area contributed by atoms with E-state index in [-0.39, 0.29) is 0 Å². The molecular weight excluding hydrogens is 360 g/mol. The Balaban J connectivity index is 1.44. The quantitative estimate of drug-likeness (QED) is 0.611. The summed E-state index contributed by atoms with van der Waals surface area (Å²) in [6.07, 6.45) is 0. The first-order valence-corrected chi connectivity index (χ1v) is 10.5. The molecule has 27 heavy (non-hydrogen) atoms. The third kappa shape index (κ3) is 5.50. The van der Waals surface area contributed by atoms with Gasteiger partial charge in [0.25, 0.3) is 0 Å². The highest BCUT2D eigenvalue weighted by atomic mass is 35.5. The Labute approximate surface area is 168 Å². The number of piperazine rings is 2. The van der Waals surface area contributed by atoms with E-state index in [9.17, 15) is 0 Å². The van der Waals surface area contributed by atoms with Gasteiger partial charge in [-0.1, -0.05) is 18.5 Å². The van der Waals surface area contributed by atoms with Crippen molar-refractivity contribution in [2.24, 2.45) is 10.7 Å². The van der Waals surface area contributed by atoms with Crippen molar-refractivity contribution < 1.29 is 0 Å². The third-order valence-electron chi connectivity index (χ3n) is 5.79. The number of hydrogen-bond donors (Lipinski definition) is 1. The van der Waals surface area contributed by atoms with Gasteiger partial charge >= 0.3 is 0 Å². The van der Waals surface area contributed by atoms with Crippen molar-refractivity contribution >= 4 is 23.2 Å². The van der Waals surface area contributed by atoms with Crippen LogP contribution in [-0.4, -0.2) is 92.1 Å². The molecule has 1 aromatic rings. The molecule has 3 rings (SSSR count). The molecule has 7 heteroatoms. The Morgan fingerprint density at radius 3 is 2.26 bits per heavy atom. The second-order valence-corrected chi connectivity index (χ2v) is 7.91. The van der Waals surface area contributed by atoms with Crippen molar-refractivity contribution in [3.8, 4) is 0 Å². The SMILES string of the molecule is CCN1CCN(C(C)CN=C(N)N2CCN(c3ccc(Cl)cc3)CC2)CC1. The molecule has 0 bridgehead atoms. The average molecular weight is 393 g/mol. The molecule has 2 N–H and O–H groups in total. The smallest absolute Gasteiger partial charge is 0.191 e. The van der Waals surface area contributed by atoms with Crippen LogP contribution in [0.25, 0.3) is 0 Å². The van der Waals surface area contributed by atoms with Gasteiger partial charge in [0.05, 0.1) is 6.54 Å². The Morgan fingerprint density at radius 1 is 1.04 bits per heavy atom. The van der Waals surface area contributed by atoms with Crippen LogP contribution in [0.2, 0.25) is 5.02 Å². The van der Waals surface area contributed by atoms with Crippen molar-refractivity contribution in [2.45, 2.75) is 19.9 Å². The molecule has 1 atom stereocenters. The van der Waals surface area contributed by atoms with Crippen molar-refractivity contribution in [2.75, 3.05) is 70.3 Å². The first kappa shape index (κ1) is 20.2. The monoisotopic (exact) mass is 392 g/mol. The molecule has 2 saturated heterocycles. The summed E-state index contributed by atoms with van der Waals surface area (Å²) in [6.45, 7) is 14.7. The van der Waals surface area contributed by atoms with Crippen molar-refractivity contribution in [1.82, 2.24) is 14.7 Å². The second kappa shape index (κ2) is 9.62. The molecule has 2 aliphatic rings. The van der Waals surface area contributed by atoms with Gasteiger partial charge < -0.3 is 20.4 Å². The van der Waals surface area contributed by atoms with Crippen molar-refractivity contribution in [3.63, 3.8) is 0 Å². The average Bonchev–Trinajstić information content (AvgIpc) is 2.72. The molecule has 2 heterocycles. The van der Waals surface area contributed by atoms with Crippen molar-refractivity contribution in [3.05, 3.63) is 29.3 Å². The number of hydrogen-bond acceptors (Lipinski definition) is 4. The van der Waals surface area contributed by atoms with Gasteiger partial charge in [-0.05, 0) is 37.7 Å². The van der Waals surface area contributed by atoms with Crippen LogP contribution in [0, 0.1) is 0 Å². The summed E-state index contributed by atoms with van der Waals surface area (Å²) < 4.78 is 0. The Bertz CT molecular complexity index is 603. The molecule has 0 spiro atoms. The third-order valence-corrected chi connectivity index (χ3v) is 6.04. The number of likely N-dealkylation sites (N-methyl/N-ethyl adjacent to an activating group) is 1. The van der Waals surface area contributed by atoms with Gasteiger partial charge in [-0.3, -0.25) is 9.89 Å². The molecular formula is C20H33ClN6. The lowest BCUT2D eigenvalue weighted by Gasteiger charge is -2.38. The molecule has 2 fully saturated rings. The highest BCUT2D eigenvalue weighted by molar-refractivity contribution is 6.30. The molecule has 0 saturated carbocycles. The summed E-state index contributed by atoms with van der Waals surface area (Å²) in [5.41, 5.74) is 7.50. The number of guanidine groups is 1. The zero-order chi connectivity index (χ0) is 19.2. The van der Waals surface area contributed by atoms with Gasteiger partial charge in [0.1, 0.15) is 0 Å². The molecule has 2 aliphatic heterocycles. The van der Waals surface area contributed by atoms with Gasteiger partial charge in [-0.2, -0.15) is 0 Å². The van der Waals surface area contributed by atoms with E-state index in [1.165, 1.54) is 5.69 Å².